The number of para-hydroxylation sites is 1. The zero-order valence-electron chi connectivity index (χ0n) is 17.7. The number of aromatic nitrogens is 1. The molecular weight excluding hydrogens is 398 g/mol. The van der Waals surface area contributed by atoms with Crippen molar-refractivity contribution in [3.63, 3.8) is 0 Å². The number of rotatable bonds is 2. The van der Waals surface area contributed by atoms with Crippen molar-refractivity contribution in [1.29, 1.82) is 0 Å². The predicted octanol–water partition coefficient (Wildman–Crippen LogP) is 4.77. The number of carbonyl (C=O) groups is 2. The van der Waals surface area contributed by atoms with Gasteiger partial charge in [-0.1, -0.05) is 29.8 Å². The molecule has 1 aliphatic heterocycles. The lowest BCUT2D eigenvalue weighted by Gasteiger charge is -2.33. The van der Waals surface area contributed by atoms with Gasteiger partial charge in [0.2, 0.25) is 11.8 Å². The number of fused-ring (bicyclic) bond motifs is 3. The van der Waals surface area contributed by atoms with Gasteiger partial charge in [-0.25, -0.2) is 0 Å². The maximum absolute atomic E-state index is 13.6. The van der Waals surface area contributed by atoms with Gasteiger partial charge in [-0.3, -0.25) is 14.5 Å². The van der Waals surface area contributed by atoms with Gasteiger partial charge >= 0.3 is 0 Å². The molecule has 3 aromatic rings. The van der Waals surface area contributed by atoms with Crippen LogP contribution in [0.15, 0.2) is 48.5 Å². The van der Waals surface area contributed by atoms with E-state index < -0.39 is 11.6 Å². The minimum Gasteiger partial charge on any atom is -0.349 e. The van der Waals surface area contributed by atoms with Gasteiger partial charge in [-0.2, -0.15) is 0 Å². The van der Waals surface area contributed by atoms with Gasteiger partial charge in [0.05, 0.1) is 5.69 Å². The van der Waals surface area contributed by atoms with Crippen LogP contribution >= 0.6 is 11.6 Å². The molecule has 1 aromatic heterocycles. The predicted molar refractivity (Wildman–Crippen MR) is 121 cm³/mol. The highest BCUT2D eigenvalue weighted by Crippen LogP contribution is 2.39. The molecular formula is C24H26ClN3O2. The van der Waals surface area contributed by atoms with Crippen LogP contribution in [-0.2, 0) is 23.1 Å². The molecule has 2 amide bonds. The minimum absolute atomic E-state index is 0.0772. The molecule has 0 saturated carbocycles. The number of benzene rings is 2. The fourth-order valence-electron chi connectivity index (χ4n) is 4.30. The Morgan fingerprint density at radius 3 is 2.40 bits per heavy atom. The van der Waals surface area contributed by atoms with Crippen molar-refractivity contribution in [2.75, 3.05) is 4.90 Å². The summed E-state index contributed by atoms with van der Waals surface area (Å²) in [6.45, 7) is 5.83. The highest BCUT2D eigenvalue weighted by molar-refractivity contribution is 6.30. The molecule has 0 aliphatic carbocycles. The second kappa shape index (κ2) is 7.47. The van der Waals surface area contributed by atoms with Crippen LogP contribution in [0.4, 0.5) is 5.69 Å². The summed E-state index contributed by atoms with van der Waals surface area (Å²) in [5, 5.41) is 4.77. The van der Waals surface area contributed by atoms with Crippen molar-refractivity contribution in [3.05, 3.63) is 64.8 Å². The van der Waals surface area contributed by atoms with Crippen LogP contribution in [0.2, 0.25) is 5.02 Å². The average Bonchev–Trinajstić information content (AvgIpc) is 2.85. The number of hydrogen-bond acceptors (Lipinski definition) is 2. The van der Waals surface area contributed by atoms with Gasteiger partial charge < -0.3 is 9.88 Å². The summed E-state index contributed by atoms with van der Waals surface area (Å²) < 4.78 is 2.05. The molecule has 0 fully saturated rings. The maximum atomic E-state index is 13.6. The normalized spacial score (nSPS) is 17.0. The third-order valence-electron chi connectivity index (χ3n) is 5.49. The van der Waals surface area contributed by atoms with Gasteiger partial charge in [-0.05, 0) is 63.1 Å². The lowest BCUT2D eigenvalue weighted by atomic mass is 10.0. The molecule has 2 heterocycles. The van der Waals surface area contributed by atoms with Gasteiger partial charge in [-0.15, -0.1) is 0 Å². The summed E-state index contributed by atoms with van der Waals surface area (Å²) >= 11 is 6.08. The first-order chi connectivity index (χ1) is 14.2. The summed E-state index contributed by atoms with van der Waals surface area (Å²) in [4.78, 5) is 28.5. The second-order valence-corrected chi connectivity index (χ2v) is 9.26. The van der Waals surface area contributed by atoms with Gasteiger partial charge in [0.25, 0.3) is 0 Å². The number of carbonyl (C=O) groups excluding carboxylic acids is 2. The zero-order chi connectivity index (χ0) is 21.6. The van der Waals surface area contributed by atoms with E-state index >= 15 is 0 Å². The zero-order valence-corrected chi connectivity index (χ0v) is 18.5. The largest absolute Gasteiger partial charge is 0.349 e. The lowest BCUT2D eigenvalue weighted by molar-refractivity contribution is -0.127. The number of nitrogens with one attached hydrogen (secondary N) is 1. The number of nitrogens with zero attached hydrogens (tertiary/aromatic N) is 2. The fourth-order valence-corrected chi connectivity index (χ4v) is 4.42. The SMILES string of the molecule is Cn1c2c(c3ccccc31)CCC(=O)N(c1ccc(Cl)cc1)C2C(=O)NC(C)(C)C. The molecule has 1 atom stereocenters. The molecule has 0 radical (unpaired) electrons. The Hall–Kier alpha value is -2.79. The Labute approximate surface area is 181 Å². The topological polar surface area (TPSA) is 54.3 Å². The molecule has 5 nitrogen and oxygen atoms in total. The van der Waals surface area contributed by atoms with Crippen LogP contribution in [0, 0.1) is 0 Å². The van der Waals surface area contributed by atoms with E-state index in [9.17, 15) is 9.59 Å². The van der Waals surface area contributed by atoms with Crippen LogP contribution < -0.4 is 10.2 Å². The van der Waals surface area contributed by atoms with Crippen molar-refractivity contribution in [2.45, 2.75) is 45.2 Å². The molecule has 30 heavy (non-hydrogen) atoms. The third-order valence-corrected chi connectivity index (χ3v) is 5.74. The molecule has 1 aliphatic rings. The Morgan fingerprint density at radius 2 is 1.73 bits per heavy atom. The quantitative estimate of drug-likeness (QED) is 0.645. The van der Waals surface area contributed by atoms with Gasteiger partial charge in [0.1, 0.15) is 0 Å². The van der Waals surface area contributed by atoms with E-state index in [1.54, 1.807) is 29.2 Å². The Balaban J connectivity index is 1.96. The third kappa shape index (κ3) is 3.58. The van der Waals surface area contributed by atoms with Crippen LogP contribution in [-0.4, -0.2) is 21.9 Å². The highest BCUT2D eigenvalue weighted by atomic mass is 35.5. The molecule has 0 saturated heterocycles. The minimum atomic E-state index is -0.771. The average molecular weight is 424 g/mol. The molecule has 6 heteroatoms. The van der Waals surface area contributed by atoms with Crippen LogP contribution in [0.25, 0.3) is 10.9 Å². The van der Waals surface area contributed by atoms with Crippen LogP contribution in [0.1, 0.15) is 44.5 Å². The summed E-state index contributed by atoms with van der Waals surface area (Å²) in [6.07, 6.45) is 0.932. The highest BCUT2D eigenvalue weighted by Gasteiger charge is 2.40. The number of aryl methyl sites for hydroxylation is 2. The van der Waals surface area contributed by atoms with E-state index in [1.165, 1.54) is 0 Å². The summed E-state index contributed by atoms with van der Waals surface area (Å²) in [5.41, 5.74) is 3.21. The van der Waals surface area contributed by atoms with E-state index in [-0.39, 0.29) is 11.8 Å². The Morgan fingerprint density at radius 1 is 1.07 bits per heavy atom. The molecule has 1 N–H and O–H groups in total. The Kier molecular flexibility index (Phi) is 5.10. The van der Waals surface area contributed by atoms with Crippen molar-refractivity contribution >= 4 is 40.0 Å². The molecule has 156 valence electrons. The first-order valence-electron chi connectivity index (χ1n) is 10.1. The molecule has 0 spiro atoms. The maximum Gasteiger partial charge on any atom is 0.249 e. The molecule has 0 bridgehead atoms. The van der Waals surface area contributed by atoms with E-state index in [1.807, 2.05) is 40.0 Å². The monoisotopic (exact) mass is 423 g/mol. The summed E-state index contributed by atoms with van der Waals surface area (Å²) in [7, 11) is 1.97. The summed E-state index contributed by atoms with van der Waals surface area (Å²) in [5.74, 6) is -0.272. The standard InChI is InChI=1S/C24H26ClN3O2/c1-24(2,3)26-23(30)22-21-18(17-7-5-6-8-19(17)27(21)4)13-14-20(29)28(22)16-11-9-15(25)10-12-16/h5-12,22H,13-14H2,1-4H3,(H,26,30). The molecule has 4 rings (SSSR count). The first-order valence-corrected chi connectivity index (χ1v) is 10.5. The van der Waals surface area contributed by atoms with Crippen molar-refractivity contribution < 1.29 is 9.59 Å². The van der Waals surface area contributed by atoms with E-state index in [4.69, 9.17) is 11.6 Å². The van der Waals surface area contributed by atoms with Crippen molar-refractivity contribution in [2.24, 2.45) is 7.05 Å². The van der Waals surface area contributed by atoms with E-state index in [2.05, 4.69) is 22.0 Å². The van der Waals surface area contributed by atoms with E-state index in [0.717, 1.165) is 22.2 Å². The fraction of sp³-hybridized carbons (Fsp3) is 0.333. The summed E-state index contributed by atoms with van der Waals surface area (Å²) in [6, 6.07) is 14.4. The molecule has 2 aromatic carbocycles. The number of amides is 2. The second-order valence-electron chi connectivity index (χ2n) is 8.82. The van der Waals surface area contributed by atoms with E-state index in [0.29, 0.717) is 23.6 Å². The number of halogens is 1. The van der Waals surface area contributed by atoms with Gasteiger partial charge in [0.15, 0.2) is 6.04 Å². The smallest absolute Gasteiger partial charge is 0.249 e. The number of hydrogen-bond donors (Lipinski definition) is 1. The van der Waals surface area contributed by atoms with Crippen LogP contribution in [0.3, 0.4) is 0 Å². The first kappa shape index (κ1) is 20.5. The Bertz CT molecular complexity index is 1130. The lowest BCUT2D eigenvalue weighted by Crippen LogP contribution is -2.49. The van der Waals surface area contributed by atoms with Gasteiger partial charge in [0, 0.05) is 40.6 Å². The van der Waals surface area contributed by atoms with Crippen molar-refractivity contribution in [1.82, 2.24) is 9.88 Å². The number of anilines is 1. The van der Waals surface area contributed by atoms with Crippen LogP contribution in [0.5, 0.6) is 0 Å². The van der Waals surface area contributed by atoms with Crippen molar-refractivity contribution in [3.8, 4) is 0 Å². The molecule has 1 unspecified atom stereocenters.